The number of carbonyl (C=O) groups is 1. The van der Waals surface area contributed by atoms with E-state index in [-0.39, 0.29) is 10.7 Å². The summed E-state index contributed by atoms with van der Waals surface area (Å²) in [5.74, 6) is -0.629. The standard InChI is InChI=1S/C16H19F3N2O3/c1-9-5-10(2)14(11(3)6-9)24-8-13(22)21-15(23,16(17,18)19)7-12(4)20-21/h5-6,23H,7-8H2,1-4H3/t15-/m1/s1. The Morgan fingerprint density at radius 1 is 1.29 bits per heavy atom. The fourth-order valence-corrected chi connectivity index (χ4v) is 2.79. The molecule has 1 aromatic carbocycles. The summed E-state index contributed by atoms with van der Waals surface area (Å²) in [4.78, 5) is 12.1. The van der Waals surface area contributed by atoms with E-state index in [0.717, 1.165) is 16.7 Å². The highest BCUT2D eigenvalue weighted by molar-refractivity contribution is 5.89. The monoisotopic (exact) mass is 344 g/mol. The van der Waals surface area contributed by atoms with Crippen LogP contribution in [-0.2, 0) is 4.79 Å². The van der Waals surface area contributed by atoms with Crippen molar-refractivity contribution in [2.75, 3.05) is 6.61 Å². The lowest BCUT2D eigenvalue weighted by atomic mass is 10.1. The quantitative estimate of drug-likeness (QED) is 0.917. The maximum Gasteiger partial charge on any atom is 0.438 e. The fraction of sp³-hybridized carbons (Fsp3) is 0.500. The smallest absolute Gasteiger partial charge is 0.438 e. The van der Waals surface area contributed by atoms with Crippen molar-refractivity contribution in [1.82, 2.24) is 5.01 Å². The van der Waals surface area contributed by atoms with Crippen LogP contribution < -0.4 is 4.74 Å². The van der Waals surface area contributed by atoms with E-state index in [9.17, 15) is 23.1 Å². The summed E-state index contributed by atoms with van der Waals surface area (Å²) < 4.78 is 44.7. The Hall–Kier alpha value is -2.09. The average molecular weight is 344 g/mol. The second kappa shape index (κ2) is 6.08. The maximum absolute atomic E-state index is 13.1. The Morgan fingerprint density at radius 2 is 1.83 bits per heavy atom. The molecule has 132 valence electrons. The predicted molar refractivity (Wildman–Crippen MR) is 81.7 cm³/mol. The zero-order valence-electron chi connectivity index (χ0n) is 13.9. The van der Waals surface area contributed by atoms with Crippen LogP contribution in [0, 0.1) is 20.8 Å². The predicted octanol–water partition coefficient (Wildman–Crippen LogP) is 2.85. The van der Waals surface area contributed by atoms with Gasteiger partial charge in [0.1, 0.15) is 5.75 Å². The second-order valence-electron chi connectivity index (χ2n) is 6.05. The Morgan fingerprint density at radius 3 is 2.33 bits per heavy atom. The molecule has 2 rings (SSSR count). The number of aryl methyl sites for hydroxylation is 3. The molecule has 0 saturated heterocycles. The first kappa shape index (κ1) is 18.3. The number of hydrazone groups is 1. The highest BCUT2D eigenvalue weighted by Gasteiger charge is 2.62. The molecule has 0 aliphatic carbocycles. The molecule has 0 spiro atoms. The molecule has 1 aliphatic heterocycles. The Kier molecular flexibility index (Phi) is 4.63. The fourth-order valence-electron chi connectivity index (χ4n) is 2.79. The van der Waals surface area contributed by atoms with Gasteiger partial charge in [0.2, 0.25) is 0 Å². The van der Waals surface area contributed by atoms with Gasteiger partial charge in [0.05, 0.1) is 0 Å². The lowest BCUT2D eigenvalue weighted by Crippen LogP contribution is -2.57. The molecule has 0 radical (unpaired) electrons. The summed E-state index contributed by atoms with van der Waals surface area (Å²) >= 11 is 0. The molecule has 0 saturated carbocycles. The van der Waals surface area contributed by atoms with Crippen LogP contribution in [0.4, 0.5) is 13.2 Å². The van der Waals surface area contributed by atoms with Gasteiger partial charge in [0.15, 0.2) is 6.61 Å². The van der Waals surface area contributed by atoms with Gasteiger partial charge in [0, 0.05) is 12.1 Å². The van der Waals surface area contributed by atoms with Crippen molar-refractivity contribution >= 4 is 11.6 Å². The summed E-state index contributed by atoms with van der Waals surface area (Å²) in [6.45, 7) is 6.13. The van der Waals surface area contributed by atoms with E-state index >= 15 is 0 Å². The SMILES string of the molecule is CC1=NN(C(=O)COc2c(C)cc(C)cc2C)[C@](O)(C(F)(F)F)C1. The van der Waals surface area contributed by atoms with Crippen LogP contribution in [0.15, 0.2) is 17.2 Å². The first-order chi connectivity index (χ1) is 11.0. The number of aliphatic hydroxyl groups is 1. The van der Waals surface area contributed by atoms with Crippen LogP contribution in [0.1, 0.15) is 30.0 Å². The summed E-state index contributed by atoms with van der Waals surface area (Å²) in [5.41, 5.74) is -0.754. The van der Waals surface area contributed by atoms with E-state index in [1.54, 1.807) is 13.8 Å². The van der Waals surface area contributed by atoms with Crippen molar-refractivity contribution < 1.29 is 27.8 Å². The highest BCUT2D eigenvalue weighted by atomic mass is 19.4. The van der Waals surface area contributed by atoms with E-state index in [2.05, 4.69) is 5.10 Å². The molecular weight excluding hydrogens is 325 g/mol. The second-order valence-corrected chi connectivity index (χ2v) is 6.05. The molecule has 0 bridgehead atoms. The number of hydrogen-bond donors (Lipinski definition) is 1. The van der Waals surface area contributed by atoms with E-state index in [0.29, 0.717) is 5.75 Å². The van der Waals surface area contributed by atoms with Crippen LogP contribution >= 0.6 is 0 Å². The number of alkyl halides is 3. The summed E-state index contributed by atoms with van der Waals surface area (Å²) in [7, 11) is 0. The zero-order valence-corrected chi connectivity index (χ0v) is 13.9. The number of nitrogens with zero attached hydrogens (tertiary/aromatic N) is 2. The number of amides is 1. The van der Waals surface area contributed by atoms with Gasteiger partial charge in [-0.3, -0.25) is 4.79 Å². The minimum Gasteiger partial charge on any atom is -0.483 e. The van der Waals surface area contributed by atoms with Gasteiger partial charge in [-0.2, -0.15) is 23.3 Å². The van der Waals surface area contributed by atoms with Gasteiger partial charge in [-0.15, -0.1) is 0 Å². The third-order valence-electron chi connectivity index (χ3n) is 3.76. The first-order valence-electron chi connectivity index (χ1n) is 7.32. The van der Waals surface area contributed by atoms with Crippen LogP contribution in [0.2, 0.25) is 0 Å². The first-order valence-corrected chi connectivity index (χ1v) is 7.32. The third kappa shape index (κ3) is 3.24. The summed E-state index contributed by atoms with van der Waals surface area (Å²) in [6.07, 6.45) is -5.79. The van der Waals surface area contributed by atoms with Gasteiger partial charge in [-0.1, -0.05) is 17.7 Å². The van der Waals surface area contributed by atoms with Gasteiger partial charge in [-0.25, -0.2) is 0 Å². The zero-order chi connectivity index (χ0) is 18.3. The largest absolute Gasteiger partial charge is 0.483 e. The van der Waals surface area contributed by atoms with Crippen LogP contribution in [-0.4, -0.2) is 40.2 Å². The number of ether oxygens (including phenoxy) is 1. The Balaban J connectivity index is 2.18. The lowest BCUT2D eigenvalue weighted by molar-refractivity contribution is -0.302. The van der Waals surface area contributed by atoms with Crippen LogP contribution in [0.25, 0.3) is 0 Å². The molecule has 1 heterocycles. The molecule has 0 aromatic heterocycles. The molecule has 0 fully saturated rings. The van der Waals surface area contributed by atoms with E-state index in [1.165, 1.54) is 6.92 Å². The van der Waals surface area contributed by atoms with Gasteiger partial charge < -0.3 is 9.84 Å². The molecule has 1 aromatic rings. The summed E-state index contributed by atoms with van der Waals surface area (Å²) in [5, 5.41) is 13.5. The Bertz CT molecular complexity index is 677. The number of hydrogen-bond acceptors (Lipinski definition) is 4. The molecule has 1 N–H and O–H groups in total. The Labute approximate surface area is 137 Å². The van der Waals surface area contributed by atoms with Crippen molar-refractivity contribution in [1.29, 1.82) is 0 Å². The number of benzene rings is 1. The van der Waals surface area contributed by atoms with Crippen molar-refractivity contribution in [3.8, 4) is 5.75 Å². The molecule has 1 atom stereocenters. The normalized spacial score (nSPS) is 21.0. The van der Waals surface area contributed by atoms with Gasteiger partial charge in [-0.05, 0) is 38.8 Å². The van der Waals surface area contributed by atoms with E-state index in [1.807, 2.05) is 19.1 Å². The minimum atomic E-state index is -5.01. The summed E-state index contributed by atoms with van der Waals surface area (Å²) in [6, 6.07) is 3.69. The minimum absolute atomic E-state index is 0.0193. The van der Waals surface area contributed by atoms with Gasteiger partial charge >= 0.3 is 6.18 Å². The molecule has 1 amide bonds. The number of rotatable bonds is 3. The molecule has 24 heavy (non-hydrogen) atoms. The molecule has 0 unspecified atom stereocenters. The van der Waals surface area contributed by atoms with Crippen molar-refractivity contribution in [2.45, 2.75) is 46.0 Å². The molecule has 1 aliphatic rings. The van der Waals surface area contributed by atoms with Crippen molar-refractivity contribution in [3.05, 3.63) is 28.8 Å². The molecule has 5 nitrogen and oxygen atoms in total. The van der Waals surface area contributed by atoms with Crippen LogP contribution in [0.3, 0.4) is 0 Å². The highest BCUT2D eigenvalue weighted by Crippen LogP contribution is 2.40. The topological polar surface area (TPSA) is 62.1 Å². The van der Waals surface area contributed by atoms with Crippen molar-refractivity contribution in [2.24, 2.45) is 5.10 Å². The van der Waals surface area contributed by atoms with Crippen LogP contribution in [0.5, 0.6) is 5.75 Å². The van der Waals surface area contributed by atoms with E-state index in [4.69, 9.17) is 4.74 Å². The van der Waals surface area contributed by atoms with Crippen molar-refractivity contribution in [3.63, 3.8) is 0 Å². The third-order valence-corrected chi connectivity index (χ3v) is 3.76. The average Bonchev–Trinajstić information content (AvgIpc) is 2.73. The molecule has 8 heteroatoms. The van der Waals surface area contributed by atoms with Gasteiger partial charge in [0.25, 0.3) is 11.6 Å². The number of halogens is 3. The molecular formula is C16H19F3N2O3. The lowest BCUT2D eigenvalue weighted by Gasteiger charge is -2.32. The van der Waals surface area contributed by atoms with E-state index < -0.39 is 30.8 Å². The maximum atomic E-state index is 13.1. The number of carbonyl (C=O) groups excluding carboxylic acids is 1.